The minimum atomic E-state index is -0.928. The van der Waals surface area contributed by atoms with E-state index in [2.05, 4.69) is 49.7 Å². The molecule has 0 N–H and O–H groups in total. The van der Waals surface area contributed by atoms with Gasteiger partial charge in [0, 0.05) is 30.2 Å². The van der Waals surface area contributed by atoms with Crippen molar-refractivity contribution in [3.63, 3.8) is 0 Å². The molecule has 6 heteroatoms. The van der Waals surface area contributed by atoms with Gasteiger partial charge < -0.3 is 4.90 Å². The first kappa shape index (κ1) is 17.4. The monoisotopic (exact) mass is 364 g/mol. The lowest BCUT2D eigenvalue weighted by molar-refractivity contribution is -0.134. The summed E-state index contributed by atoms with van der Waals surface area (Å²) in [4.78, 5) is 17.6. The number of carbonyl (C=O) groups is 1. The molecule has 0 bridgehead atoms. The predicted molar refractivity (Wildman–Crippen MR) is 103 cm³/mol. The summed E-state index contributed by atoms with van der Waals surface area (Å²) in [6.07, 6.45) is 1.73. The molecule has 0 aliphatic carbocycles. The van der Waals surface area contributed by atoms with Crippen molar-refractivity contribution in [1.29, 1.82) is 0 Å². The van der Waals surface area contributed by atoms with Gasteiger partial charge in [-0.3, -0.25) is 4.79 Å². The number of amides is 1. The van der Waals surface area contributed by atoms with Gasteiger partial charge in [0.25, 0.3) is 5.91 Å². The normalized spacial score (nSPS) is 14.6. The zero-order chi connectivity index (χ0) is 19.1. The van der Waals surface area contributed by atoms with Crippen LogP contribution in [0.5, 0.6) is 0 Å². The largest absolute Gasteiger partial charge is 0.332 e. The number of fused-ring (bicyclic) bond motifs is 1. The minimum absolute atomic E-state index is 0.0191. The highest BCUT2D eigenvalue weighted by Gasteiger charge is 2.35. The van der Waals surface area contributed by atoms with Crippen molar-refractivity contribution >= 4 is 16.9 Å². The van der Waals surface area contributed by atoms with E-state index in [0.29, 0.717) is 19.0 Å². The summed E-state index contributed by atoms with van der Waals surface area (Å²) in [5, 5.41) is 5.76. The molecule has 1 amide bonds. The van der Waals surface area contributed by atoms with Gasteiger partial charge >= 0.3 is 0 Å². The van der Waals surface area contributed by atoms with E-state index in [1.165, 1.54) is 10.5 Å². The highest BCUT2D eigenvalue weighted by molar-refractivity contribution is 5.92. The van der Waals surface area contributed by atoms with Gasteiger partial charge in [-0.2, -0.15) is 5.10 Å². The van der Waals surface area contributed by atoms with Crippen molar-refractivity contribution in [2.45, 2.75) is 25.8 Å². The molecule has 0 spiro atoms. The Morgan fingerprint density at radius 3 is 2.56 bits per heavy atom. The average Bonchev–Trinajstić information content (AvgIpc) is 3.00. The van der Waals surface area contributed by atoms with E-state index < -0.39 is 11.7 Å². The number of halogens is 1. The smallest absolute Gasteiger partial charge is 0.282 e. The van der Waals surface area contributed by atoms with Crippen LogP contribution >= 0.6 is 0 Å². The Morgan fingerprint density at radius 1 is 1.22 bits per heavy atom. The third kappa shape index (κ3) is 3.01. The van der Waals surface area contributed by atoms with Gasteiger partial charge in [-0.25, -0.2) is 14.1 Å². The first-order valence-electron chi connectivity index (χ1n) is 9.03. The minimum Gasteiger partial charge on any atom is -0.332 e. The van der Waals surface area contributed by atoms with Gasteiger partial charge in [0.05, 0.1) is 6.04 Å². The third-order valence-electron chi connectivity index (χ3n) is 5.04. The molecule has 0 unspecified atom stereocenters. The van der Waals surface area contributed by atoms with E-state index in [9.17, 15) is 9.18 Å². The van der Waals surface area contributed by atoms with E-state index in [4.69, 9.17) is 5.10 Å². The van der Waals surface area contributed by atoms with Gasteiger partial charge in [0.2, 0.25) is 0 Å². The van der Waals surface area contributed by atoms with Crippen LogP contribution in [-0.4, -0.2) is 38.7 Å². The van der Waals surface area contributed by atoms with Crippen LogP contribution in [0, 0.1) is 0 Å². The van der Waals surface area contributed by atoms with Gasteiger partial charge in [-0.05, 0) is 23.6 Å². The number of aromatic nitrogens is 3. The molecular weight excluding hydrogens is 343 g/mol. The van der Waals surface area contributed by atoms with Crippen molar-refractivity contribution in [3.05, 3.63) is 60.6 Å². The molecule has 1 saturated heterocycles. The summed E-state index contributed by atoms with van der Waals surface area (Å²) < 4.78 is 14.9. The van der Waals surface area contributed by atoms with Crippen molar-refractivity contribution in [1.82, 2.24) is 19.7 Å². The van der Waals surface area contributed by atoms with E-state index >= 15 is 0 Å². The summed E-state index contributed by atoms with van der Waals surface area (Å²) in [7, 11) is 0. The van der Waals surface area contributed by atoms with Crippen molar-refractivity contribution in [2.24, 2.45) is 0 Å². The molecule has 0 radical (unpaired) electrons. The van der Waals surface area contributed by atoms with Gasteiger partial charge in [-0.1, -0.05) is 44.7 Å². The number of benzene rings is 1. The molecule has 4 rings (SSSR count). The molecule has 1 aliphatic heterocycles. The lowest BCUT2D eigenvalue weighted by Gasteiger charge is -2.38. The Labute approximate surface area is 157 Å². The first-order chi connectivity index (χ1) is 13.0. The number of carbonyl (C=O) groups excluding carboxylic acids is 1. The third-order valence-corrected chi connectivity index (χ3v) is 5.04. The molecule has 1 aromatic carbocycles. The second-order valence-electron chi connectivity index (χ2n) is 7.21. The molecular formula is C21H21FN4O. The number of hydrogen-bond donors (Lipinski definition) is 0. The molecule has 3 heterocycles. The van der Waals surface area contributed by atoms with E-state index in [-0.39, 0.29) is 6.04 Å². The van der Waals surface area contributed by atoms with Crippen LogP contribution in [0.25, 0.3) is 22.3 Å². The van der Waals surface area contributed by atoms with Gasteiger partial charge in [-0.15, -0.1) is 0 Å². The quantitative estimate of drug-likeness (QED) is 0.655. The van der Waals surface area contributed by atoms with Gasteiger partial charge in [0.1, 0.15) is 5.69 Å². The highest BCUT2D eigenvalue weighted by Crippen LogP contribution is 2.32. The van der Waals surface area contributed by atoms with Crippen LogP contribution in [0.1, 0.15) is 31.4 Å². The lowest BCUT2D eigenvalue weighted by atomic mass is 10.0. The molecule has 3 aromatic rings. The van der Waals surface area contributed by atoms with Crippen molar-refractivity contribution in [2.75, 3.05) is 13.1 Å². The fourth-order valence-corrected chi connectivity index (χ4v) is 3.41. The van der Waals surface area contributed by atoms with Crippen LogP contribution < -0.4 is 0 Å². The Bertz CT molecular complexity index is 1020. The summed E-state index contributed by atoms with van der Waals surface area (Å²) in [5.41, 5.74) is 3.95. The summed E-state index contributed by atoms with van der Waals surface area (Å²) in [5.74, 6) is -1.11. The van der Waals surface area contributed by atoms with Crippen molar-refractivity contribution < 1.29 is 9.18 Å². The summed E-state index contributed by atoms with van der Waals surface area (Å²) in [6.45, 7) is 8.21. The SMILES string of the molecule is C=C(F)C(=O)N1CC(n2nc(-c3ccc(C(C)C)cc3)c3cccnc32)C1. The highest BCUT2D eigenvalue weighted by atomic mass is 19.1. The lowest BCUT2D eigenvalue weighted by Crippen LogP contribution is -2.51. The van der Waals surface area contributed by atoms with E-state index in [0.717, 1.165) is 22.3 Å². The summed E-state index contributed by atoms with van der Waals surface area (Å²) in [6, 6.07) is 12.3. The fraction of sp³-hybridized carbons (Fsp3) is 0.286. The Balaban J connectivity index is 1.68. The molecule has 5 nitrogen and oxygen atoms in total. The van der Waals surface area contributed by atoms with Crippen LogP contribution in [0.2, 0.25) is 0 Å². The molecule has 1 fully saturated rings. The number of likely N-dealkylation sites (tertiary alicyclic amines) is 1. The molecule has 0 atom stereocenters. The maximum Gasteiger partial charge on any atom is 0.282 e. The predicted octanol–water partition coefficient (Wildman–Crippen LogP) is 4.09. The molecule has 2 aromatic heterocycles. The number of nitrogens with zero attached hydrogens (tertiary/aromatic N) is 4. The first-order valence-corrected chi connectivity index (χ1v) is 9.03. The topological polar surface area (TPSA) is 51.0 Å². The number of hydrogen-bond acceptors (Lipinski definition) is 3. The Morgan fingerprint density at radius 2 is 1.93 bits per heavy atom. The van der Waals surface area contributed by atoms with Gasteiger partial charge in [0.15, 0.2) is 11.5 Å². The van der Waals surface area contributed by atoms with Crippen LogP contribution in [0.3, 0.4) is 0 Å². The zero-order valence-corrected chi connectivity index (χ0v) is 15.4. The molecule has 0 saturated carbocycles. The maximum atomic E-state index is 13.0. The second kappa shape index (κ2) is 6.61. The maximum absolute atomic E-state index is 13.0. The standard InChI is InChI=1S/C21H21FN4O/c1-13(2)15-6-8-16(9-7-15)19-18-5-4-10-23-20(18)26(24-19)17-11-25(12-17)21(27)14(3)22/h4-10,13,17H,3,11-12H2,1-2H3. The number of pyridine rings is 1. The van der Waals surface area contributed by atoms with E-state index in [1.807, 2.05) is 16.8 Å². The van der Waals surface area contributed by atoms with Crippen LogP contribution in [0.4, 0.5) is 4.39 Å². The second-order valence-corrected chi connectivity index (χ2v) is 7.21. The summed E-state index contributed by atoms with van der Waals surface area (Å²) >= 11 is 0. The van der Waals surface area contributed by atoms with E-state index in [1.54, 1.807) is 6.20 Å². The zero-order valence-electron chi connectivity index (χ0n) is 15.4. The number of rotatable bonds is 4. The fourth-order valence-electron chi connectivity index (χ4n) is 3.41. The van der Waals surface area contributed by atoms with Crippen LogP contribution in [0.15, 0.2) is 55.0 Å². The Kier molecular flexibility index (Phi) is 4.26. The van der Waals surface area contributed by atoms with Crippen LogP contribution in [-0.2, 0) is 4.79 Å². The average molecular weight is 364 g/mol. The van der Waals surface area contributed by atoms with Crippen molar-refractivity contribution in [3.8, 4) is 11.3 Å². The Hall–Kier alpha value is -3.02. The molecule has 27 heavy (non-hydrogen) atoms. The molecule has 138 valence electrons. The molecule has 1 aliphatic rings.